The second-order valence-corrected chi connectivity index (χ2v) is 6.77. The van der Waals surface area contributed by atoms with Gasteiger partial charge in [-0.15, -0.1) is 11.3 Å². The van der Waals surface area contributed by atoms with E-state index in [1.807, 2.05) is 35.7 Å². The van der Waals surface area contributed by atoms with Crippen LogP contribution in [-0.2, 0) is 17.8 Å². The summed E-state index contributed by atoms with van der Waals surface area (Å²) in [7, 11) is 3.19. The van der Waals surface area contributed by atoms with Crippen LogP contribution in [0.25, 0.3) is 11.3 Å². The van der Waals surface area contributed by atoms with Gasteiger partial charge in [-0.2, -0.15) is 0 Å². The molecular weight excluding hydrogens is 362 g/mol. The minimum absolute atomic E-state index is 0.00885. The number of benzene rings is 1. The van der Waals surface area contributed by atoms with Gasteiger partial charge in [0.15, 0.2) is 11.5 Å². The highest BCUT2D eigenvalue weighted by molar-refractivity contribution is 7.09. The van der Waals surface area contributed by atoms with Crippen LogP contribution in [0.2, 0.25) is 0 Å². The van der Waals surface area contributed by atoms with Gasteiger partial charge in [0, 0.05) is 42.7 Å². The lowest BCUT2D eigenvalue weighted by Crippen LogP contribution is -2.23. The molecule has 0 saturated heterocycles. The molecule has 7 heteroatoms. The molecule has 0 aliphatic carbocycles. The number of nitrogens with one attached hydrogen (secondary N) is 1. The Labute approximate surface area is 162 Å². The van der Waals surface area contributed by atoms with Gasteiger partial charge in [0.2, 0.25) is 5.91 Å². The molecule has 0 aliphatic heterocycles. The quantitative estimate of drug-likeness (QED) is 0.645. The molecule has 0 bridgehead atoms. The van der Waals surface area contributed by atoms with Crippen molar-refractivity contribution in [2.45, 2.75) is 19.4 Å². The summed E-state index contributed by atoms with van der Waals surface area (Å²) in [6.45, 7) is 0.444. The third-order valence-electron chi connectivity index (χ3n) is 4.03. The lowest BCUT2D eigenvalue weighted by molar-refractivity contribution is -0.121. The summed E-state index contributed by atoms with van der Waals surface area (Å²) in [5, 5.41) is 5.88. The Bertz CT molecular complexity index is 896. The fraction of sp³-hybridized carbons (Fsp3) is 0.250. The Balaban J connectivity index is 1.50. The second-order valence-electron chi connectivity index (χ2n) is 5.83. The fourth-order valence-electron chi connectivity index (χ4n) is 2.58. The molecule has 3 rings (SSSR count). The van der Waals surface area contributed by atoms with Gasteiger partial charge >= 0.3 is 0 Å². The van der Waals surface area contributed by atoms with E-state index < -0.39 is 0 Å². The molecule has 0 unspecified atom stereocenters. The standard InChI is InChI=1S/C20H21N3O3S/c1-25-17-4-3-14(11-18(17)26-2)12-22-19(24)5-6-20-23-16(13-27-20)15-7-9-21-10-8-15/h3-4,7-11,13H,5-6,12H2,1-2H3,(H,22,24). The van der Waals surface area contributed by atoms with Crippen LogP contribution < -0.4 is 14.8 Å². The van der Waals surface area contributed by atoms with Crippen molar-refractivity contribution in [3.05, 3.63) is 58.7 Å². The SMILES string of the molecule is COc1ccc(CNC(=O)CCc2nc(-c3ccncc3)cs2)cc1OC. The van der Waals surface area contributed by atoms with Crippen molar-refractivity contribution in [2.24, 2.45) is 0 Å². The van der Waals surface area contributed by atoms with Crippen LogP contribution >= 0.6 is 11.3 Å². The van der Waals surface area contributed by atoms with Crippen molar-refractivity contribution in [2.75, 3.05) is 14.2 Å². The zero-order chi connectivity index (χ0) is 19.1. The molecule has 0 aliphatic rings. The summed E-state index contributed by atoms with van der Waals surface area (Å²) in [6, 6.07) is 9.45. The van der Waals surface area contributed by atoms with E-state index in [4.69, 9.17) is 9.47 Å². The number of carbonyl (C=O) groups excluding carboxylic acids is 1. The van der Waals surface area contributed by atoms with Crippen LogP contribution in [0, 0.1) is 0 Å². The number of amides is 1. The number of hydrogen-bond acceptors (Lipinski definition) is 6. The van der Waals surface area contributed by atoms with E-state index in [-0.39, 0.29) is 5.91 Å². The summed E-state index contributed by atoms with van der Waals surface area (Å²) in [5.74, 6) is 1.31. The number of thiazole rings is 1. The van der Waals surface area contributed by atoms with Gasteiger partial charge in [-0.25, -0.2) is 4.98 Å². The first kappa shape index (κ1) is 18.8. The van der Waals surface area contributed by atoms with Crippen molar-refractivity contribution in [3.63, 3.8) is 0 Å². The highest BCUT2D eigenvalue weighted by atomic mass is 32.1. The van der Waals surface area contributed by atoms with Crippen LogP contribution in [0.3, 0.4) is 0 Å². The predicted octanol–water partition coefficient (Wildman–Crippen LogP) is 3.47. The number of pyridine rings is 1. The van der Waals surface area contributed by atoms with Gasteiger partial charge in [-0.3, -0.25) is 9.78 Å². The van der Waals surface area contributed by atoms with Crippen molar-refractivity contribution in [1.29, 1.82) is 0 Å². The predicted molar refractivity (Wildman–Crippen MR) is 105 cm³/mol. The molecule has 27 heavy (non-hydrogen) atoms. The average Bonchev–Trinajstić information content (AvgIpc) is 3.20. The highest BCUT2D eigenvalue weighted by Gasteiger charge is 2.09. The monoisotopic (exact) mass is 383 g/mol. The Morgan fingerprint density at radius 2 is 1.89 bits per heavy atom. The first-order valence-corrected chi connectivity index (χ1v) is 9.40. The minimum Gasteiger partial charge on any atom is -0.493 e. The van der Waals surface area contributed by atoms with Crippen molar-refractivity contribution >= 4 is 17.2 Å². The van der Waals surface area contributed by atoms with E-state index in [2.05, 4.69) is 15.3 Å². The summed E-state index contributed by atoms with van der Waals surface area (Å²) >= 11 is 1.57. The molecule has 140 valence electrons. The molecule has 3 aromatic rings. The normalized spacial score (nSPS) is 10.4. The summed E-state index contributed by atoms with van der Waals surface area (Å²) < 4.78 is 10.5. The zero-order valence-corrected chi connectivity index (χ0v) is 16.1. The van der Waals surface area contributed by atoms with Gasteiger partial charge in [-0.1, -0.05) is 6.07 Å². The third-order valence-corrected chi connectivity index (χ3v) is 4.94. The van der Waals surface area contributed by atoms with Gasteiger partial charge < -0.3 is 14.8 Å². The molecule has 0 saturated carbocycles. The average molecular weight is 383 g/mol. The Morgan fingerprint density at radius 1 is 1.11 bits per heavy atom. The molecule has 0 spiro atoms. The lowest BCUT2D eigenvalue weighted by atomic mass is 10.2. The van der Waals surface area contributed by atoms with Gasteiger partial charge in [0.25, 0.3) is 0 Å². The molecule has 6 nitrogen and oxygen atoms in total. The van der Waals surface area contributed by atoms with Crippen LogP contribution in [0.4, 0.5) is 0 Å². The summed E-state index contributed by atoms with van der Waals surface area (Å²) in [4.78, 5) is 20.7. The highest BCUT2D eigenvalue weighted by Crippen LogP contribution is 2.27. The van der Waals surface area contributed by atoms with Crippen molar-refractivity contribution in [3.8, 4) is 22.8 Å². The largest absolute Gasteiger partial charge is 0.493 e. The minimum atomic E-state index is -0.00885. The van der Waals surface area contributed by atoms with Crippen LogP contribution in [-0.4, -0.2) is 30.1 Å². The molecule has 0 fully saturated rings. The molecule has 0 radical (unpaired) electrons. The summed E-state index contributed by atoms with van der Waals surface area (Å²) in [6.07, 6.45) is 4.51. The Kier molecular flexibility index (Phi) is 6.38. The maximum Gasteiger partial charge on any atom is 0.220 e. The number of nitrogens with zero attached hydrogens (tertiary/aromatic N) is 2. The Hall–Kier alpha value is -2.93. The molecule has 1 amide bonds. The van der Waals surface area contributed by atoms with Crippen LogP contribution in [0.15, 0.2) is 48.1 Å². The molecule has 0 atom stereocenters. The molecule has 1 aromatic carbocycles. The van der Waals surface area contributed by atoms with E-state index in [0.717, 1.165) is 21.8 Å². The zero-order valence-electron chi connectivity index (χ0n) is 15.3. The smallest absolute Gasteiger partial charge is 0.220 e. The number of hydrogen-bond donors (Lipinski definition) is 1. The van der Waals surface area contributed by atoms with E-state index in [0.29, 0.717) is 30.9 Å². The topological polar surface area (TPSA) is 73.3 Å². The first-order valence-electron chi connectivity index (χ1n) is 8.52. The number of aromatic nitrogens is 2. The number of aryl methyl sites for hydroxylation is 1. The number of methoxy groups -OCH3 is 2. The number of rotatable bonds is 8. The Morgan fingerprint density at radius 3 is 2.63 bits per heavy atom. The van der Waals surface area contributed by atoms with E-state index in [1.165, 1.54) is 0 Å². The molecule has 2 aromatic heterocycles. The number of ether oxygens (including phenoxy) is 2. The lowest BCUT2D eigenvalue weighted by Gasteiger charge is -2.10. The van der Waals surface area contributed by atoms with Gasteiger partial charge in [-0.05, 0) is 29.8 Å². The van der Waals surface area contributed by atoms with Crippen LogP contribution in [0.5, 0.6) is 11.5 Å². The van der Waals surface area contributed by atoms with Gasteiger partial charge in [0.1, 0.15) is 0 Å². The van der Waals surface area contributed by atoms with Crippen LogP contribution in [0.1, 0.15) is 17.0 Å². The second kappa shape index (κ2) is 9.14. The fourth-order valence-corrected chi connectivity index (χ4v) is 3.39. The molecule has 1 N–H and O–H groups in total. The molecule has 2 heterocycles. The maximum absolute atomic E-state index is 12.1. The maximum atomic E-state index is 12.1. The van der Waals surface area contributed by atoms with Crippen molar-refractivity contribution < 1.29 is 14.3 Å². The van der Waals surface area contributed by atoms with E-state index in [1.54, 1.807) is 38.0 Å². The van der Waals surface area contributed by atoms with Crippen molar-refractivity contribution in [1.82, 2.24) is 15.3 Å². The number of carbonyl (C=O) groups is 1. The molecular formula is C20H21N3O3S. The van der Waals surface area contributed by atoms with E-state index in [9.17, 15) is 4.79 Å². The van der Waals surface area contributed by atoms with Gasteiger partial charge in [0.05, 0.1) is 24.9 Å². The third kappa shape index (κ3) is 5.04. The van der Waals surface area contributed by atoms with E-state index >= 15 is 0 Å². The first-order chi connectivity index (χ1) is 13.2. The summed E-state index contributed by atoms with van der Waals surface area (Å²) in [5.41, 5.74) is 2.91.